The van der Waals surface area contributed by atoms with Crippen molar-refractivity contribution in [2.45, 2.75) is 43.9 Å². The molecular weight excluding hydrogens is 280 g/mol. The molecule has 2 heterocycles. The van der Waals surface area contributed by atoms with Crippen LogP contribution in [0, 0.1) is 0 Å². The predicted molar refractivity (Wildman–Crippen MR) is 83.7 cm³/mol. The zero-order chi connectivity index (χ0) is 15.5. The summed E-state index contributed by atoms with van der Waals surface area (Å²) in [5.41, 5.74) is 0.565. The molecule has 3 atom stereocenters. The van der Waals surface area contributed by atoms with Crippen LogP contribution in [-0.4, -0.2) is 48.2 Å². The topological polar surface area (TPSA) is 61.8 Å². The molecule has 2 N–H and O–H groups in total. The molecule has 0 aliphatic carbocycles. The van der Waals surface area contributed by atoms with Crippen LogP contribution in [0.4, 0.5) is 0 Å². The number of carbonyl (C=O) groups excluding carboxylic acids is 1. The van der Waals surface area contributed by atoms with Gasteiger partial charge in [0, 0.05) is 18.6 Å². The molecule has 0 saturated carbocycles. The molecule has 1 aromatic carbocycles. The number of aliphatic hydroxyl groups excluding tert-OH is 1. The number of nitrogens with one attached hydrogen (secondary N) is 1. The van der Waals surface area contributed by atoms with Gasteiger partial charge in [-0.25, -0.2) is 0 Å². The molecule has 1 aromatic rings. The minimum absolute atomic E-state index is 0.160. The van der Waals surface area contributed by atoms with Crippen molar-refractivity contribution in [1.29, 1.82) is 0 Å². The first-order chi connectivity index (χ1) is 10.7. The van der Waals surface area contributed by atoms with Gasteiger partial charge in [0.1, 0.15) is 5.75 Å². The predicted octanol–water partition coefficient (Wildman–Crippen LogP) is 1.47. The van der Waals surface area contributed by atoms with Gasteiger partial charge in [-0.1, -0.05) is 18.6 Å². The molecule has 0 radical (unpaired) electrons. The van der Waals surface area contributed by atoms with Crippen molar-refractivity contribution in [2.24, 2.45) is 0 Å². The van der Waals surface area contributed by atoms with Gasteiger partial charge >= 0.3 is 0 Å². The smallest absolute Gasteiger partial charge is 0.253 e. The second kappa shape index (κ2) is 6.67. The van der Waals surface area contributed by atoms with E-state index in [1.165, 1.54) is 12.8 Å². The van der Waals surface area contributed by atoms with E-state index in [9.17, 15) is 9.90 Å². The largest absolute Gasteiger partial charge is 0.497 e. The van der Waals surface area contributed by atoms with Crippen LogP contribution in [-0.2, 0) is 4.79 Å². The van der Waals surface area contributed by atoms with E-state index in [2.05, 4.69) is 10.2 Å². The summed E-state index contributed by atoms with van der Waals surface area (Å²) < 4.78 is 5.14. The highest BCUT2D eigenvalue weighted by Gasteiger charge is 2.37. The minimum atomic E-state index is -1.15. The van der Waals surface area contributed by atoms with Gasteiger partial charge in [0.2, 0.25) is 0 Å². The molecule has 5 heteroatoms. The highest BCUT2D eigenvalue weighted by molar-refractivity contribution is 5.82. The van der Waals surface area contributed by atoms with Gasteiger partial charge in [-0.2, -0.15) is 0 Å². The molecule has 2 aliphatic rings. The maximum atomic E-state index is 12.4. The Labute approximate surface area is 131 Å². The third-order valence-corrected chi connectivity index (χ3v) is 4.84. The third kappa shape index (κ3) is 3.10. The van der Waals surface area contributed by atoms with E-state index in [-0.39, 0.29) is 11.9 Å². The fourth-order valence-corrected chi connectivity index (χ4v) is 3.64. The first kappa shape index (κ1) is 15.3. The average Bonchev–Trinajstić information content (AvgIpc) is 2.97. The first-order valence-corrected chi connectivity index (χ1v) is 8.05. The highest BCUT2D eigenvalue weighted by atomic mass is 16.5. The van der Waals surface area contributed by atoms with Crippen molar-refractivity contribution in [2.75, 3.05) is 20.2 Å². The number of benzene rings is 1. The zero-order valence-corrected chi connectivity index (χ0v) is 13.0. The number of hydrogen-bond acceptors (Lipinski definition) is 4. The second-order valence-corrected chi connectivity index (χ2v) is 6.18. The Hall–Kier alpha value is -1.59. The quantitative estimate of drug-likeness (QED) is 0.884. The Bertz CT molecular complexity index is 534. The number of nitrogens with zero attached hydrogens (tertiary/aromatic N) is 1. The molecule has 0 bridgehead atoms. The summed E-state index contributed by atoms with van der Waals surface area (Å²) in [5.74, 6) is 0.328. The number of methoxy groups -OCH3 is 1. The molecule has 3 rings (SSSR count). The lowest BCUT2D eigenvalue weighted by Gasteiger charge is -2.32. The van der Waals surface area contributed by atoms with Crippen molar-refractivity contribution >= 4 is 5.91 Å². The Morgan fingerprint density at radius 2 is 2.23 bits per heavy atom. The number of carbonyl (C=O) groups is 1. The number of ether oxygens (including phenoxy) is 1. The van der Waals surface area contributed by atoms with Crippen molar-refractivity contribution in [3.63, 3.8) is 0 Å². The van der Waals surface area contributed by atoms with Gasteiger partial charge in [-0.15, -0.1) is 0 Å². The lowest BCUT2D eigenvalue weighted by Crippen LogP contribution is -2.47. The molecule has 3 unspecified atom stereocenters. The van der Waals surface area contributed by atoms with Crippen LogP contribution in [0.2, 0.25) is 0 Å². The molecule has 0 aromatic heterocycles. The molecule has 2 saturated heterocycles. The summed E-state index contributed by atoms with van der Waals surface area (Å²) in [6.07, 6.45) is 3.45. The van der Waals surface area contributed by atoms with Crippen LogP contribution in [0.1, 0.15) is 37.4 Å². The summed E-state index contributed by atoms with van der Waals surface area (Å²) in [6.45, 7) is 2.18. The molecular formula is C17H24N2O3. The van der Waals surface area contributed by atoms with Crippen LogP contribution in [0.3, 0.4) is 0 Å². The van der Waals surface area contributed by atoms with Gasteiger partial charge in [-0.3, -0.25) is 9.69 Å². The molecule has 2 aliphatic heterocycles. The summed E-state index contributed by atoms with van der Waals surface area (Å²) in [5, 5.41) is 13.3. The zero-order valence-electron chi connectivity index (χ0n) is 13.0. The van der Waals surface area contributed by atoms with Gasteiger partial charge in [0.25, 0.3) is 5.91 Å². The summed E-state index contributed by atoms with van der Waals surface area (Å²) in [7, 11) is 1.57. The van der Waals surface area contributed by atoms with E-state index in [0.29, 0.717) is 17.4 Å². The fraction of sp³-hybridized carbons (Fsp3) is 0.588. The molecule has 1 amide bonds. The van der Waals surface area contributed by atoms with E-state index < -0.39 is 6.10 Å². The first-order valence-electron chi connectivity index (χ1n) is 8.05. The van der Waals surface area contributed by atoms with E-state index in [1.807, 2.05) is 0 Å². The van der Waals surface area contributed by atoms with E-state index in [0.717, 1.165) is 25.9 Å². The summed E-state index contributed by atoms with van der Waals surface area (Å²) >= 11 is 0. The number of piperidine rings is 1. The second-order valence-electron chi connectivity index (χ2n) is 6.18. The van der Waals surface area contributed by atoms with Crippen molar-refractivity contribution in [3.8, 4) is 5.75 Å². The number of fused-ring (bicyclic) bond motifs is 1. The van der Waals surface area contributed by atoms with Gasteiger partial charge in [-0.05, 0) is 43.5 Å². The van der Waals surface area contributed by atoms with Crippen LogP contribution >= 0.6 is 0 Å². The molecule has 22 heavy (non-hydrogen) atoms. The SMILES string of the molecule is COc1cccc(C(O)C(=O)NC2CCN3CCCCC23)c1. The maximum absolute atomic E-state index is 12.4. The summed E-state index contributed by atoms with van der Waals surface area (Å²) in [6, 6.07) is 7.62. The standard InChI is InChI=1S/C17H24N2O3/c1-22-13-6-4-5-12(11-13)16(20)17(21)18-14-8-10-19-9-3-2-7-15(14)19/h4-6,11,14-16,20H,2-3,7-10H2,1H3,(H,18,21). The molecule has 120 valence electrons. The third-order valence-electron chi connectivity index (χ3n) is 4.84. The van der Waals surface area contributed by atoms with Crippen LogP contribution < -0.4 is 10.1 Å². The Kier molecular flexibility index (Phi) is 4.64. The number of amides is 1. The molecule has 5 nitrogen and oxygen atoms in total. The van der Waals surface area contributed by atoms with Gasteiger partial charge in [0.15, 0.2) is 6.10 Å². The van der Waals surface area contributed by atoms with Crippen molar-refractivity contribution in [3.05, 3.63) is 29.8 Å². The van der Waals surface area contributed by atoms with Crippen LogP contribution in [0.15, 0.2) is 24.3 Å². The van der Waals surface area contributed by atoms with Crippen molar-refractivity contribution < 1.29 is 14.6 Å². The van der Waals surface area contributed by atoms with E-state index in [1.54, 1.807) is 31.4 Å². The number of hydrogen-bond donors (Lipinski definition) is 2. The Morgan fingerprint density at radius 1 is 1.36 bits per heavy atom. The number of aliphatic hydroxyl groups is 1. The monoisotopic (exact) mass is 304 g/mol. The summed E-state index contributed by atoms with van der Waals surface area (Å²) in [4.78, 5) is 14.8. The highest BCUT2D eigenvalue weighted by Crippen LogP contribution is 2.28. The van der Waals surface area contributed by atoms with Crippen LogP contribution in [0.25, 0.3) is 0 Å². The fourth-order valence-electron chi connectivity index (χ4n) is 3.64. The molecule has 0 spiro atoms. The van der Waals surface area contributed by atoms with Crippen molar-refractivity contribution in [1.82, 2.24) is 10.2 Å². The lowest BCUT2D eigenvalue weighted by molar-refractivity contribution is -0.130. The van der Waals surface area contributed by atoms with Crippen LogP contribution in [0.5, 0.6) is 5.75 Å². The minimum Gasteiger partial charge on any atom is -0.497 e. The van der Waals surface area contributed by atoms with E-state index in [4.69, 9.17) is 4.74 Å². The Morgan fingerprint density at radius 3 is 3.05 bits per heavy atom. The molecule has 2 fully saturated rings. The average molecular weight is 304 g/mol. The lowest BCUT2D eigenvalue weighted by atomic mass is 9.98. The van der Waals surface area contributed by atoms with E-state index >= 15 is 0 Å². The maximum Gasteiger partial charge on any atom is 0.253 e. The number of rotatable bonds is 4. The van der Waals surface area contributed by atoms with Gasteiger partial charge in [0.05, 0.1) is 7.11 Å². The van der Waals surface area contributed by atoms with Gasteiger partial charge < -0.3 is 15.2 Å². The normalized spacial score (nSPS) is 26.3. The Balaban J connectivity index is 1.63.